The molecule has 0 spiro atoms. The van der Waals surface area contributed by atoms with Crippen molar-refractivity contribution in [3.63, 3.8) is 0 Å². The molecule has 0 aromatic carbocycles. The SMILES string of the molecule is CC(=O)NCC(=O)Nc1ccc(F)nc1F. The Balaban J connectivity index is 2.59. The van der Waals surface area contributed by atoms with Gasteiger partial charge in [-0.3, -0.25) is 9.59 Å². The monoisotopic (exact) mass is 229 g/mol. The fourth-order valence-corrected chi connectivity index (χ4v) is 0.905. The van der Waals surface area contributed by atoms with Gasteiger partial charge < -0.3 is 10.6 Å². The van der Waals surface area contributed by atoms with Crippen LogP contribution in [0.3, 0.4) is 0 Å². The van der Waals surface area contributed by atoms with Gasteiger partial charge in [-0.2, -0.15) is 13.8 Å². The molecule has 7 heteroatoms. The Bertz CT molecular complexity index is 423. The third kappa shape index (κ3) is 3.60. The van der Waals surface area contributed by atoms with E-state index in [-0.39, 0.29) is 18.1 Å². The molecule has 1 aromatic heterocycles. The smallest absolute Gasteiger partial charge is 0.243 e. The lowest BCUT2D eigenvalue weighted by molar-refractivity contribution is -0.122. The summed E-state index contributed by atoms with van der Waals surface area (Å²) in [5.41, 5.74) is -0.239. The number of nitrogens with one attached hydrogen (secondary N) is 2. The first-order valence-corrected chi connectivity index (χ1v) is 4.35. The topological polar surface area (TPSA) is 71.1 Å². The third-order valence-electron chi connectivity index (χ3n) is 1.59. The number of anilines is 1. The van der Waals surface area contributed by atoms with E-state index in [0.29, 0.717) is 0 Å². The number of rotatable bonds is 3. The van der Waals surface area contributed by atoms with E-state index in [0.717, 1.165) is 12.1 Å². The van der Waals surface area contributed by atoms with Crippen molar-refractivity contribution in [3.8, 4) is 0 Å². The fourth-order valence-electron chi connectivity index (χ4n) is 0.905. The van der Waals surface area contributed by atoms with Crippen LogP contribution in [0.1, 0.15) is 6.92 Å². The van der Waals surface area contributed by atoms with Crippen molar-refractivity contribution < 1.29 is 18.4 Å². The molecule has 0 unspecified atom stereocenters. The zero-order chi connectivity index (χ0) is 12.1. The van der Waals surface area contributed by atoms with Gasteiger partial charge in [-0.25, -0.2) is 0 Å². The molecule has 1 rings (SSSR count). The number of aromatic nitrogens is 1. The molecule has 2 amide bonds. The van der Waals surface area contributed by atoms with Crippen molar-refractivity contribution >= 4 is 17.5 Å². The van der Waals surface area contributed by atoms with E-state index < -0.39 is 17.8 Å². The number of amides is 2. The molecule has 0 aliphatic heterocycles. The highest BCUT2D eigenvalue weighted by molar-refractivity contribution is 5.94. The first-order valence-electron chi connectivity index (χ1n) is 4.35. The summed E-state index contributed by atoms with van der Waals surface area (Å²) in [4.78, 5) is 24.5. The van der Waals surface area contributed by atoms with Crippen LogP contribution in [-0.2, 0) is 9.59 Å². The molecule has 86 valence electrons. The van der Waals surface area contributed by atoms with E-state index in [1.807, 2.05) is 0 Å². The maximum atomic E-state index is 13.0. The largest absolute Gasteiger partial charge is 0.347 e. The van der Waals surface area contributed by atoms with Gasteiger partial charge in [0.05, 0.1) is 12.2 Å². The van der Waals surface area contributed by atoms with Gasteiger partial charge in [0, 0.05) is 6.92 Å². The van der Waals surface area contributed by atoms with Gasteiger partial charge in [-0.1, -0.05) is 0 Å². The molecular weight excluding hydrogens is 220 g/mol. The van der Waals surface area contributed by atoms with E-state index in [4.69, 9.17) is 0 Å². The molecule has 0 aliphatic carbocycles. The van der Waals surface area contributed by atoms with E-state index in [1.54, 1.807) is 0 Å². The maximum Gasteiger partial charge on any atom is 0.243 e. The lowest BCUT2D eigenvalue weighted by Crippen LogP contribution is -2.31. The van der Waals surface area contributed by atoms with Gasteiger partial charge in [0.15, 0.2) is 0 Å². The second-order valence-corrected chi connectivity index (χ2v) is 2.93. The summed E-state index contributed by atoms with van der Waals surface area (Å²) >= 11 is 0. The molecule has 1 heterocycles. The zero-order valence-electron chi connectivity index (χ0n) is 8.38. The molecular formula is C9H9F2N3O2. The molecule has 2 N–H and O–H groups in total. The number of hydrogen-bond acceptors (Lipinski definition) is 3. The highest BCUT2D eigenvalue weighted by atomic mass is 19.1. The van der Waals surface area contributed by atoms with Crippen LogP contribution in [-0.4, -0.2) is 23.3 Å². The number of carbonyl (C=O) groups excluding carboxylic acids is 2. The van der Waals surface area contributed by atoms with Gasteiger partial charge in [-0.15, -0.1) is 0 Å². The fraction of sp³-hybridized carbons (Fsp3) is 0.222. The van der Waals surface area contributed by atoms with Crippen LogP contribution in [0.2, 0.25) is 0 Å². The standard InChI is InChI=1S/C9H9F2N3O2/c1-5(15)12-4-8(16)13-6-2-3-7(10)14-9(6)11/h2-3H,4H2,1H3,(H,12,15)(H,13,16). The minimum Gasteiger partial charge on any atom is -0.347 e. The molecule has 1 aromatic rings. The Morgan fingerprint density at radius 1 is 1.38 bits per heavy atom. The number of nitrogens with zero attached hydrogens (tertiary/aromatic N) is 1. The van der Waals surface area contributed by atoms with Crippen LogP contribution in [0.15, 0.2) is 12.1 Å². The average molecular weight is 229 g/mol. The minimum atomic E-state index is -1.11. The predicted octanol–water partition coefficient (Wildman–Crippen LogP) is 0.434. The second-order valence-electron chi connectivity index (χ2n) is 2.93. The molecule has 0 aliphatic rings. The van der Waals surface area contributed by atoms with Crippen LogP contribution < -0.4 is 10.6 Å². The first-order chi connectivity index (χ1) is 7.49. The summed E-state index contributed by atoms with van der Waals surface area (Å²) in [6.07, 6.45) is 0. The van der Waals surface area contributed by atoms with Gasteiger partial charge in [0.25, 0.3) is 0 Å². The summed E-state index contributed by atoms with van der Waals surface area (Å²) < 4.78 is 25.4. The van der Waals surface area contributed by atoms with Crippen LogP contribution >= 0.6 is 0 Å². The van der Waals surface area contributed by atoms with Crippen molar-refractivity contribution in [2.45, 2.75) is 6.92 Å². The number of hydrogen-bond donors (Lipinski definition) is 2. The van der Waals surface area contributed by atoms with E-state index in [9.17, 15) is 18.4 Å². The van der Waals surface area contributed by atoms with E-state index in [1.165, 1.54) is 6.92 Å². The Labute approximate surface area is 89.9 Å². The summed E-state index contributed by atoms with van der Waals surface area (Å²) in [7, 11) is 0. The molecule has 0 saturated carbocycles. The molecule has 0 fully saturated rings. The van der Waals surface area contributed by atoms with Gasteiger partial charge in [0.1, 0.15) is 0 Å². The Morgan fingerprint density at radius 2 is 2.06 bits per heavy atom. The van der Waals surface area contributed by atoms with Crippen LogP contribution in [0, 0.1) is 11.9 Å². The summed E-state index contributed by atoms with van der Waals surface area (Å²) in [6, 6.07) is 1.96. The highest BCUT2D eigenvalue weighted by Crippen LogP contribution is 2.10. The molecule has 0 atom stereocenters. The molecule has 16 heavy (non-hydrogen) atoms. The number of carbonyl (C=O) groups is 2. The normalized spacial score (nSPS) is 9.69. The lowest BCUT2D eigenvalue weighted by Gasteiger charge is -2.05. The summed E-state index contributed by atoms with van der Waals surface area (Å²) in [5.74, 6) is -3.09. The number of halogens is 2. The van der Waals surface area contributed by atoms with Crippen molar-refractivity contribution in [2.24, 2.45) is 0 Å². The first kappa shape index (κ1) is 12.0. The summed E-state index contributed by atoms with van der Waals surface area (Å²) in [6.45, 7) is 0.958. The van der Waals surface area contributed by atoms with Crippen LogP contribution in [0.25, 0.3) is 0 Å². The number of pyridine rings is 1. The molecule has 5 nitrogen and oxygen atoms in total. The third-order valence-corrected chi connectivity index (χ3v) is 1.59. The Hall–Kier alpha value is -2.05. The highest BCUT2D eigenvalue weighted by Gasteiger charge is 2.09. The van der Waals surface area contributed by atoms with Gasteiger partial charge >= 0.3 is 0 Å². The Morgan fingerprint density at radius 3 is 2.62 bits per heavy atom. The quantitative estimate of drug-likeness (QED) is 0.738. The zero-order valence-corrected chi connectivity index (χ0v) is 8.38. The van der Waals surface area contributed by atoms with Crippen molar-refractivity contribution in [2.75, 3.05) is 11.9 Å². The second kappa shape index (κ2) is 5.15. The van der Waals surface area contributed by atoms with Gasteiger partial charge in [0.2, 0.25) is 23.7 Å². The summed E-state index contributed by atoms with van der Waals surface area (Å²) in [5, 5.41) is 4.36. The van der Waals surface area contributed by atoms with Crippen LogP contribution in [0.4, 0.5) is 14.5 Å². The van der Waals surface area contributed by atoms with E-state index in [2.05, 4.69) is 15.6 Å². The van der Waals surface area contributed by atoms with Crippen molar-refractivity contribution in [1.82, 2.24) is 10.3 Å². The van der Waals surface area contributed by atoms with Crippen molar-refractivity contribution in [3.05, 3.63) is 24.0 Å². The Kier molecular flexibility index (Phi) is 3.87. The van der Waals surface area contributed by atoms with Crippen LogP contribution in [0.5, 0.6) is 0 Å². The molecule has 0 radical (unpaired) electrons. The average Bonchev–Trinajstić information content (AvgIpc) is 2.19. The molecule has 0 bridgehead atoms. The minimum absolute atomic E-state index is 0.239. The molecule has 0 saturated heterocycles. The lowest BCUT2D eigenvalue weighted by atomic mass is 10.4. The van der Waals surface area contributed by atoms with Gasteiger partial charge in [-0.05, 0) is 12.1 Å². The predicted molar refractivity (Wildman–Crippen MR) is 51.5 cm³/mol. The van der Waals surface area contributed by atoms with E-state index >= 15 is 0 Å². The van der Waals surface area contributed by atoms with Crippen molar-refractivity contribution in [1.29, 1.82) is 0 Å². The maximum absolute atomic E-state index is 13.0.